The maximum absolute atomic E-state index is 11.3. The minimum Gasteiger partial charge on any atom is -0.495 e. The van der Waals surface area contributed by atoms with Crippen LogP contribution in [0.3, 0.4) is 0 Å². The first-order valence-electron chi connectivity index (χ1n) is 5.61. The first-order valence-corrected chi connectivity index (χ1v) is 5.99. The Hall–Kier alpha value is -1.50. The van der Waals surface area contributed by atoms with Crippen molar-refractivity contribution in [3.8, 4) is 5.75 Å². The monoisotopic (exact) mass is 287 g/mol. The minimum atomic E-state index is -0.616. The van der Waals surface area contributed by atoms with Crippen molar-refractivity contribution in [1.29, 1.82) is 0 Å². The zero-order chi connectivity index (χ0) is 13.8. The molecule has 6 nitrogen and oxygen atoms in total. The van der Waals surface area contributed by atoms with Crippen LogP contribution in [0.5, 0.6) is 5.75 Å². The molecule has 0 atom stereocenters. The van der Waals surface area contributed by atoms with E-state index >= 15 is 0 Å². The molecule has 1 saturated heterocycles. The Morgan fingerprint density at radius 1 is 1.37 bits per heavy atom. The number of rotatable bonds is 3. The molecule has 0 aliphatic carbocycles. The van der Waals surface area contributed by atoms with E-state index in [9.17, 15) is 4.79 Å². The quantitative estimate of drug-likeness (QED) is 0.925. The van der Waals surface area contributed by atoms with Gasteiger partial charge in [-0.3, -0.25) is 5.32 Å². The average molecular weight is 288 g/mol. The van der Waals surface area contributed by atoms with Crippen LogP contribution < -0.4 is 10.1 Å². The predicted molar refractivity (Wildman–Crippen MR) is 68.7 cm³/mol. The van der Waals surface area contributed by atoms with Crippen molar-refractivity contribution in [3.05, 3.63) is 22.7 Å². The molecule has 7 heteroatoms. The fourth-order valence-electron chi connectivity index (χ4n) is 1.71. The Morgan fingerprint density at radius 2 is 2.05 bits per heavy atom. The fraction of sp³-hybridized carbons (Fsp3) is 0.417. The highest BCUT2D eigenvalue weighted by atomic mass is 35.5. The number of hydrogen-bond acceptors (Lipinski definition) is 5. The van der Waals surface area contributed by atoms with Gasteiger partial charge in [0, 0.05) is 5.56 Å². The van der Waals surface area contributed by atoms with Crippen LogP contribution in [0.15, 0.2) is 12.1 Å². The van der Waals surface area contributed by atoms with Gasteiger partial charge in [0.1, 0.15) is 10.8 Å². The van der Waals surface area contributed by atoms with Crippen molar-refractivity contribution >= 4 is 23.4 Å². The van der Waals surface area contributed by atoms with Gasteiger partial charge in [0.05, 0.1) is 33.1 Å². The van der Waals surface area contributed by atoms with Gasteiger partial charge in [-0.25, -0.2) is 4.79 Å². The molecule has 0 saturated carbocycles. The van der Waals surface area contributed by atoms with E-state index in [1.807, 2.05) is 0 Å². The molecule has 0 spiro atoms. The molecule has 1 N–H and O–H groups in total. The second kappa shape index (κ2) is 6.10. The Balaban J connectivity index is 2.34. The first-order chi connectivity index (χ1) is 9.15. The third kappa shape index (κ3) is 3.09. The molecule has 1 fully saturated rings. The van der Waals surface area contributed by atoms with Crippen LogP contribution in [0.2, 0.25) is 5.02 Å². The number of benzene rings is 1. The number of halogens is 1. The molecule has 0 bridgehead atoms. The van der Waals surface area contributed by atoms with Gasteiger partial charge in [0.25, 0.3) is 0 Å². The van der Waals surface area contributed by atoms with Gasteiger partial charge in [-0.15, -0.1) is 0 Å². The van der Waals surface area contributed by atoms with E-state index in [2.05, 4.69) is 10.1 Å². The van der Waals surface area contributed by atoms with Gasteiger partial charge >= 0.3 is 6.09 Å². The minimum absolute atomic E-state index is 0.287. The van der Waals surface area contributed by atoms with E-state index in [4.69, 9.17) is 25.8 Å². The highest BCUT2D eigenvalue weighted by molar-refractivity contribution is 6.35. The highest BCUT2D eigenvalue weighted by Crippen LogP contribution is 2.37. The lowest BCUT2D eigenvalue weighted by Crippen LogP contribution is -2.12. The van der Waals surface area contributed by atoms with Crippen LogP contribution in [-0.4, -0.2) is 33.5 Å². The number of anilines is 1. The van der Waals surface area contributed by atoms with Gasteiger partial charge in [-0.05, 0) is 12.1 Å². The van der Waals surface area contributed by atoms with Crippen molar-refractivity contribution in [3.63, 3.8) is 0 Å². The summed E-state index contributed by atoms with van der Waals surface area (Å²) < 4.78 is 20.5. The van der Waals surface area contributed by atoms with E-state index in [1.165, 1.54) is 14.2 Å². The molecule has 19 heavy (non-hydrogen) atoms. The highest BCUT2D eigenvalue weighted by Gasteiger charge is 2.22. The Labute approximate surface area is 115 Å². The number of nitrogens with one attached hydrogen (secondary N) is 1. The number of methoxy groups -OCH3 is 2. The molecule has 1 aliphatic rings. The molecule has 1 amide bonds. The summed E-state index contributed by atoms with van der Waals surface area (Å²) in [5, 5.41) is 2.80. The largest absolute Gasteiger partial charge is 0.495 e. The summed E-state index contributed by atoms with van der Waals surface area (Å²) in [6.45, 7) is 1.05. The number of amides is 1. The molecule has 1 heterocycles. The third-order valence-corrected chi connectivity index (χ3v) is 2.99. The number of carbonyl (C=O) groups excluding carboxylic acids is 1. The lowest BCUT2D eigenvalue weighted by Gasteiger charge is -2.15. The topological polar surface area (TPSA) is 66.0 Å². The van der Waals surface area contributed by atoms with Crippen LogP contribution in [0.25, 0.3) is 0 Å². The van der Waals surface area contributed by atoms with E-state index in [0.717, 1.165) is 0 Å². The van der Waals surface area contributed by atoms with Crippen molar-refractivity contribution < 1.29 is 23.7 Å². The average Bonchev–Trinajstić information content (AvgIpc) is 2.94. The Kier molecular flexibility index (Phi) is 4.47. The number of carbonyl (C=O) groups is 1. The van der Waals surface area contributed by atoms with Crippen molar-refractivity contribution in [2.45, 2.75) is 6.29 Å². The summed E-state index contributed by atoms with van der Waals surface area (Å²) in [7, 11) is 2.76. The molecule has 2 rings (SSSR count). The Morgan fingerprint density at radius 3 is 2.63 bits per heavy atom. The van der Waals surface area contributed by atoms with E-state index in [1.54, 1.807) is 12.1 Å². The molecule has 1 aliphatic heterocycles. The molecule has 1 aromatic carbocycles. The van der Waals surface area contributed by atoms with E-state index < -0.39 is 12.4 Å². The fourth-order valence-corrected chi connectivity index (χ4v) is 1.94. The maximum Gasteiger partial charge on any atom is 0.411 e. The van der Waals surface area contributed by atoms with Crippen molar-refractivity contribution in [2.24, 2.45) is 0 Å². The predicted octanol–water partition coefficient (Wildman–Crippen LogP) is 2.57. The van der Waals surface area contributed by atoms with Gasteiger partial charge < -0.3 is 18.9 Å². The number of ether oxygens (including phenoxy) is 4. The lowest BCUT2D eigenvalue weighted by molar-refractivity contribution is -0.0441. The van der Waals surface area contributed by atoms with E-state index in [0.29, 0.717) is 30.2 Å². The summed E-state index contributed by atoms with van der Waals surface area (Å²) in [4.78, 5) is 11.3. The summed E-state index contributed by atoms with van der Waals surface area (Å²) in [5.41, 5.74) is 1.09. The van der Waals surface area contributed by atoms with Gasteiger partial charge in [0.15, 0.2) is 6.29 Å². The van der Waals surface area contributed by atoms with Crippen LogP contribution in [-0.2, 0) is 14.2 Å². The molecule has 0 radical (unpaired) electrons. The molecular formula is C12H14ClNO5. The van der Waals surface area contributed by atoms with Gasteiger partial charge in [-0.1, -0.05) is 11.6 Å². The van der Waals surface area contributed by atoms with Crippen LogP contribution in [0.4, 0.5) is 10.5 Å². The Bertz CT molecular complexity index is 473. The number of hydrogen-bond donors (Lipinski definition) is 1. The molecule has 0 aromatic heterocycles. The second-order valence-electron chi connectivity index (χ2n) is 3.77. The van der Waals surface area contributed by atoms with Crippen molar-refractivity contribution in [1.82, 2.24) is 0 Å². The smallest absolute Gasteiger partial charge is 0.411 e. The summed E-state index contributed by atoms with van der Waals surface area (Å²) in [6.07, 6.45) is -1.10. The standard InChI is InChI=1S/C12H14ClNO5/c1-16-9-6-7(11-18-3-4-19-11)5-8(10(9)13)14-12(15)17-2/h5-6,11H,3-4H2,1-2H3,(H,14,15). The summed E-state index contributed by atoms with van der Waals surface area (Å²) in [6, 6.07) is 3.37. The molecule has 0 unspecified atom stereocenters. The van der Waals surface area contributed by atoms with Gasteiger partial charge in [0.2, 0.25) is 0 Å². The van der Waals surface area contributed by atoms with E-state index in [-0.39, 0.29) is 5.02 Å². The summed E-state index contributed by atoms with van der Waals surface area (Å²) >= 11 is 6.11. The zero-order valence-electron chi connectivity index (χ0n) is 10.6. The zero-order valence-corrected chi connectivity index (χ0v) is 11.3. The SMILES string of the molecule is COC(=O)Nc1cc(C2OCCO2)cc(OC)c1Cl. The van der Waals surface area contributed by atoms with Crippen LogP contribution in [0.1, 0.15) is 11.9 Å². The maximum atomic E-state index is 11.3. The third-order valence-electron chi connectivity index (χ3n) is 2.60. The lowest BCUT2D eigenvalue weighted by atomic mass is 10.1. The van der Waals surface area contributed by atoms with Gasteiger partial charge in [-0.2, -0.15) is 0 Å². The van der Waals surface area contributed by atoms with Crippen LogP contribution >= 0.6 is 11.6 Å². The summed E-state index contributed by atoms with van der Waals surface area (Å²) in [5.74, 6) is 0.421. The molecular weight excluding hydrogens is 274 g/mol. The normalized spacial score (nSPS) is 15.3. The first kappa shape index (κ1) is 13.9. The molecule has 1 aromatic rings. The second-order valence-corrected chi connectivity index (χ2v) is 4.15. The van der Waals surface area contributed by atoms with Crippen LogP contribution in [0, 0.1) is 0 Å². The molecule has 104 valence electrons. The van der Waals surface area contributed by atoms with Crippen molar-refractivity contribution in [2.75, 3.05) is 32.8 Å².